The first-order valence-electron chi connectivity index (χ1n) is 6.13. The van der Waals surface area contributed by atoms with Gasteiger partial charge in [0, 0.05) is 25.7 Å². The third-order valence-electron chi connectivity index (χ3n) is 3.13. The van der Waals surface area contributed by atoms with Crippen LogP contribution in [-0.4, -0.2) is 14.2 Å². The molecule has 1 atom stereocenters. The normalized spacial score (nSPS) is 12.3. The van der Waals surface area contributed by atoms with E-state index in [1.165, 1.54) is 19.2 Å². The summed E-state index contributed by atoms with van der Waals surface area (Å²) in [6.45, 7) is 0. The molecule has 6 heteroatoms. The number of ether oxygens (including phenoxy) is 1. The van der Waals surface area contributed by atoms with Crippen LogP contribution in [0.3, 0.4) is 0 Å². The molecule has 0 heterocycles. The number of nitrogens with one attached hydrogen (secondary N) is 1. The predicted molar refractivity (Wildman–Crippen MR) is 90.7 cm³/mol. The third kappa shape index (κ3) is 3.54. The van der Waals surface area contributed by atoms with Crippen molar-refractivity contribution >= 4 is 38.5 Å². The van der Waals surface area contributed by atoms with Crippen molar-refractivity contribution in [2.45, 2.75) is 6.04 Å². The first kappa shape index (κ1) is 16.6. The molecule has 1 N–H and O–H groups in total. The highest BCUT2D eigenvalue weighted by molar-refractivity contribution is 14.1. The van der Waals surface area contributed by atoms with E-state index in [2.05, 4.69) is 43.8 Å². The molecule has 0 aromatic heterocycles. The molecule has 0 bridgehead atoms. The second-order valence-electron chi connectivity index (χ2n) is 4.39. The molecule has 0 fully saturated rings. The summed E-state index contributed by atoms with van der Waals surface area (Å²) < 4.78 is 35.2. The van der Waals surface area contributed by atoms with Crippen LogP contribution in [0.1, 0.15) is 17.2 Å². The minimum Gasteiger partial charge on any atom is -0.497 e. The van der Waals surface area contributed by atoms with E-state index in [1.807, 2.05) is 18.2 Å². The van der Waals surface area contributed by atoms with Gasteiger partial charge in [-0.05, 0) is 53.4 Å². The molecule has 2 aromatic rings. The molecule has 0 aliphatic heterocycles. The quantitative estimate of drug-likeness (QED) is 0.661. The summed E-state index contributed by atoms with van der Waals surface area (Å²) in [4.78, 5) is 0. The molecular formula is C15H13BrF2INO. The molecule has 1 unspecified atom stereocenters. The number of benzene rings is 2. The maximum Gasteiger partial charge on any atom is 0.134 e. The average Bonchev–Trinajstić information content (AvgIpc) is 2.45. The summed E-state index contributed by atoms with van der Waals surface area (Å²) in [6, 6.07) is 7.43. The van der Waals surface area contributed by atoms with E-state index < -0.39 is 17.7 Å². The SMILES string of the molecule is CNC(c1cc(Br)ccc1I)c1c(F)cc(OC)cc1F. The van der Waals surface area contributed by atoms with Crippen LogP contribution in [0.15, 0.2) is 34.8 Å². The Labute approximate surface area is 144 Å². The molecule has 0 aliphatic rings. The number of rotatable bonds is 4. The Bertz CT molecular complexity index is 643. The summed E-state index contributed by atoms with van der Waals surface area (Å²) in [7, 11) is 3.05. The Balaban J connectivity index is 2.59. The van der Waals surface area contributed by atoms with Crippen LogP contribution in [0, 0.1) is 15.2 Å². The van der Waals surface area contributed by atoms with E-state index in [-0.39, 0.29) is 11.3 Å². The molecule has 112 valence electrons. The Kier molecular flexibility index (Phi) is 5.56. The molecule has 2 rings (SSSR count). The van der Waals surface area contributed by atoms with Crippen LogP contribution < -0.4 is 10.1 Å². The van der Waals surface area contributed by atoms with Gasteiger partial charge >= 0.3 is 0 Å². The van der Waals surface area contributed by atoms with Gasteiger partial charge in [-0.15, -0.1) is 0 Å². The van der Waals surface area contributed by atoms with Crippen LogP contribution in [0.2, 0.25) is 0 Å². The van der Waals surface area contributed by atoms with Gasteiger partial charge in [-0.3, -0.25) is 0 Å². The first-order chi connectivity index (χ1) is 9.97. The van der Waals surface area contributed by atoms with Crippen LogP contribution >= 0.6 is 38.5 Å². The zero-order valence-corrected chi connectivity index (χ0v) is 15.1. The van der Waals surface area contributed by atoms with E-state index in [1.54, 1.807) is 7.05 Å². The lowest BCUT2D eigenvalue weighted by atomic mass is 9.97. The molecule has 2 aromatic carbocycles. The van der Waals surface area contributed by atoms with Gasteiger partial charge in [-0.25, -0.2) is 8.78 Å². The van der Waals surface area contributed by atoms with Gasteiger partial charge < -0.3 is 10.1 Å². The second kappa shape index (κ2) is 7.02. The molecule has 0 aliphatic carbocycles. The highest BCUT2D eigenvalue weighted by atomic mass is 127. The molecule has 0 saturated heterocycles. The van der Waals surface area contributed by atoms with Crippen molar-refractivity contribution in [2.75, 3.05) is 14.2 Å². The van der Waals surface area contributed by atoms with E-state index in [0.29, 0.717) is 0 Å². The maximum atomic E-state index is 14.3. The molecule has 0 spiro atoms. The van der Waals surface area contributed by atoms with Crippen molar-refractivity contribution < 1.29 is 13.5 Å². The lowest BCUT2D eigenvalue weighted by Crippen LogP contribution is -2.21. The zero-order chi connectivity index (χ0) is 15.6. The minimum absolute atomic E-state index is 0.0192. The summed E-state index contributed by atoms with van der Waals surface area (Å²) >= 11 is 5.54. The maximum absolute atomic E-state index is 14.3. The molecule has 2 nitrogen and oxygen atoms in total. The van der Waals surface area contributed by atoms with Crippen molar-refractivity contribution in [1.29, 1.82) is 0 Å². The molecule has 0 saturated carbocycles. The molecule has 0 radical (unpaired) electrons. The largest absolute Gasteiger partial charge is 0.497 e. The van der Waals surface area contributed by atoms with Gasteiger partial charge in [0.2, 0.25) is 0 Å². The second-order valence-corrected chi connectivity index (χ2v) is 6.47. The van der Waals surface area contributed by atoms with Crippen LogP contribution in [0.5, 0.6) is 5.75 Å². The average molecular weight is 468 g/mol. The number of methoxy groups -OCH3 is 1. The van der Waals surface area contributed by atoms with Gasteiger partial charge in [0.1, 0.15) is 17.4 Å². The lowest BCUT2D eigenvalue weighted by Gasteiger charge is -2.21. The van der Waals surface area contributed by atoms with Crippen LogP contribution in [-0.2, 0) is 0 Å². The molecule has 0 amide bonds. The minimum atomic E-state index is -0.637. The fraction of sp³-hybridized carbons (Fsp3) is 0.200. The van der Waals surface area contributed by atoms with E-state index in [0.717, 1.165) is 13.6 Å². The highest BCUT2D eigenvalue weighted by Gasteiger charge is 2.23. The first-order valence-corrected chi connectivity index (χ1v) is 8.00. The number of hydrogen-bond donors (Lipinski definition) is 1. The van der Waals surface area contributed by atoms with Crippen molar-refractivity contribution in [3.63, 3.8) is 0 Å². The standard InChI is InChI=1S/C15H13BrF2INO/c1-20-15(10-5-8(16)3-4-13(10)19)14-11(17)6-9(21-2)7-12(14)18/h3-7,15,20H,1-2H3. The monoisotopic (exact) mass is 467 g/mol. The van der Waals surface area contributed by atoms with Gasteiger partial charge in [0.05, 0.1) is 13.2 Å². The van der Waals surface area contributed by atoms with Gasteiger partial charge in [-0.1, -0.05) is 15.9 Å². The Morgan fingerprint density at radius 3 is 2.33 bits per heavy atom. The zero-order valence-electron chi connectivity index (χ0n) is 11.4. The fourth-order valence-electron chi connectivity index (χ4n) is 2.15. The number of hydrogen-bond acceptors (Lipinski definition) is 2. The van der Waals surface area contributed by atoms with Crippen LogP contribution in [0.4, 0.5) is 8.78 Å². The molecule has 21 heavy (non-hydrogen) atoms. The Hall–Kier alpha value is -0.730. The predicted octanol–water partition coefficient (Wildman–Crippen LogP) is 4.65. The Morgan fingerprint density at radius 1 is 1.19 bits per heavy atom. The van der Waals surface area contributed by atoms with Crippen LogP contribution in [0.25, 0.3) is 0 Å². The molecular weight excluding hydrogens is 455 g/mol. The summed E-state index contributed by atoms with van der Waals surface area (Å²) in [5.41, 5.74) is 0.782. The topological polar surface area (TPSA) is 21.3 Å². The van der Waals surface area contributed by atoms with Crippen molar-refractivity contribution in [1.82, 2.24) is 5.32 Å². The lowest BCUT2D eigenvalue weighted by molar-refractivity contribution is 0.403. The summed E-state index contributed by atoms with van der Waals surface area (Å²) in [5, 5.41) is 2.98. The van der Waals surface area contributed by atoms with Gasteiger partial charge in [0.25, 0.3) is 0 Å². The third-order valence-corrected chi connectivity index (χ3v) is 4.61. The van der Waals surface area contributed by atoms with Crippen molar-refractivity contribution in [3.8, 4) is 5.75 Å². The summed E-state index contributed by atoms with van der Waals surface area (Å²) in [6.07, 6.45) is 0. The summed E-state index contributed by atoms with van der Waals surface area (Å²) in [5.74, 6) is -1.11. The Morgan fingerprint density at radius 2 is 1.81 bits per heavy atom. The number of halogens is 4. The smallest absolute Gasteiger partial charge is 0.134 e. The van der Waals surface area contributed by atoms with E-state index in [4.69, 9.17) is 4.74 Å². The van der Waals surface area contributed by atoms with E-state index >= 15 is 0 Å². The van der Waals surface area contributed by atoms with Crippen molar-refractivity contribution in [3.05, 3.63) is 61.1 Å². The van der Waals surface area contributed by atoms with Crippen molar-refractivity contribution in [2.24, 2.45) is 0 Å². The fourth-order valence-corrected chi connectivity index (χ4v) is 3.17. The van der Waals surface area contributed by atoms with E-state index in [9.17, 15) is 8.78 Å². The van der Waals surface area contributed by atoms with Gasteiger partial charge in [-0.2, -0.15) is 0 Å². The highest BCUT2D eigenvalue weighted by Crippen LogP contribution is 2.33. The van der Waals surface area contributed by atoms with Gasteiger partial charge in [0.15, 0.2) is 0 Å².